The van der Waals surface area contributed by atoms with E-state index >= 15 is 0 Å². The molecular formula is C12H16F2O. The monoisotopic (exact) mass is 214 g/mol. The number of ether oxygens (including phenoxy) is 1. The molecule has 0 aromatic heterocycles. The van der Waals surface area contributed by atoms with E-state index in [9.17, 15) is 8.78 Å². The highest BCUT2D eigenvalue weighted by Gasteiger charge is 2.12. The first-order chi connectivity index (χ1) is 6.87. The SMILES string of the molecule is CC(C)(C)Cc1cccc(OC(F)F)c1. The van der Waals surface area contributed by atoms with E-state index in [0.717, 1.165) is 12.0 Å². The zero-order chi connectivity index (χ0) is 11.5. The number of halogens is 2. The third kappa shape index (κ3) is 4.77. The van der Waals surface area contributed by atoms with Crippen LogP contribution in [0.5, 0.6) is 5.75 Å². The maximum Gasteiger partial charge on any atom is 0.387 e. The first-order valence-corrected chi connectivity index (χ1v) is 4.90. The van der Waals surface area contributed by atoms with E-state index in [1.165, 1.54) is 0 Å². The van der Waals surface area contributed by atoms with E-state index in [4.69, 9.17) is 0 Å². The molecule has 0 heterocycles. The minimum absolute atomic E-state index is 0.142. The summed E-state index contributed by atoms with van der Waals surface area (Å²) in [7, 11) is 0. The quantitative estimate of drug-likeness (QED) is 0.742. The Bertz CT molecular complexity index is 316. The van der Waals surface area contributed by atoms with E-state index in [-0.39, 0.29) is 11.2 Å². The lowest BCUT2D eigenvalue weighted by atomic mass is 9.88. The smallest absolute Gasteiger partial charge is 0.387 e. The van der Waals surface area contributed by atoms with Crippen LogP contribution in [-0.4, -0.2) is 6.61 Å². The van der Waals surface area contributed by atoms with Gasteiger partial charge in [-0.25, -0.2) is 0 Å². The van der Waals surface area contributed by atoms with Crippen molar-refractivity contribution in [2.45, 2.75) is 33.8 Å². The molecule has 1 rings (SSSR count). The highest BCUT2D eigenvalue weighted by Crippen LogP contribution is 2.23. The second kappa shape index (κ2) is 4.60. The van der Waals surface area contributed by atoms with Crippen molar-refractivity contribution in [1.82, 2.24) is 0 Å². The summed E-state index contributed by atoms with van der Waals surface area (Å²) in [5.41, 5.74) is 1.16. The fourth-order valence-electron chi connectivity index (χ4n) is 1.44. The number of hydrogen-bond donors (Lipinski definition) is 0. The Balaban J connectivity index is 2.74. The van der Waals surface area contributed by atoms with E-state index in [2.05, 4.69) is 25.5 Å². The molecule has 0 aliphatic carbocycles. The summed E-state index contributed by atoms with van der Waals surface area (Å²) in [6.45, 7) is 3.56. The van der Waals surface area contributed by atoms with Gasteiger partial charge in [-0.3, -0.25) is 0 Å². The Morgan fingerprint density at radius 3 is 2.47 bits per heavy atom. The van der Waals surface area contributed by atoms with Crippen molar-refractivity contribution >= 4 is 0 Å². The van der Waals surface area contributed by atoms with Gasteiger partial charge in [0, 0.05) is 0 Å². The van der Waals surface area contributed by atoms with Crippen LogP contribution < -0.4 is 4.74 Å². The molecule has 0 saturated carbocycles. The molecule has 3 heteroatoms. The molecule has 84 valence electrons. The van der Waals surface area contributed by atoms with Crippen molar-refractivity contribution in [2.75, 3.05) is 0 Å². The number of rotatable bonds is 3. The molecule has 0 amide bonds. The van der Waals surface area contributed by atoms with Crippen LogP contribution in [0.25, 0.3) is 0 Å². The third-order valence-corrected chi connectivity index (χ3v) is 1.86. The summed E-state index contributed by atoms with van der Waals surface area (Å²) < 4.78 is 28.3. The molecule has 0 spiro atoms. The highest BCUT2D eigenvalue weighted by atomic mass is 19.3. The summed E-state index contributed by atoms with van der Waals surface area (Å²) in [4.78, 5) is 0. The average Bonchev–Trinajstić information content (AvgIpc) is 1.99. The lowest BCUT2D eigenvalue weighted by molar-refractivity contribution is -0.0498. The van der Waals surface area contributed by atoms with Crippen LogP contribution in [0.3, 0.4) is 0 Å². The molecule has 0 saturated heterocycles. The lowest BCUT2D eigenvalue weighted by Gasteiger charge is -2.18. The maximum absolute atomic E-state index is 12.0. The van der Waals surface area contributed by atoms with Crippen molar-refractivity contribution in [1.29, 1.82) is 0 Å². The molecule has 15 heavy (non-hydrogen) atoms. The molecule has 0 aliphatic rings. The first-order valence-electron chi connectivity index (χ1n) is 4.90. The average molecular weight is 214 g/mol. The van der Waals surface area contributed by atoms with Gasteiger partial charge in [0.25, 0.3) is 0 Å². The van der Waals surface area contributed by atoms with Gasteiger partial charge in [-0.05, 0) is 29.5 Å². The van der Waals surface area contributed by atoms with Crippen molar-refractivity contribution < 1.29 is 13.5 Å². The van der Waals surface area contributed by atoms with Gasteiger partial charge in [-0.15, -0.1) is 0 Å². The van der Waals surface area contributed by atoms with Crippen LogP contribution in [0.2, 0.25) is 0 Å². The lowest BCUT2D eigenvalue weighted by Crippen LogP contribution is -2.09. The minimum Gasteiger partial charge on any atom is -0.435 e. The highest BCUT2D eigenvalue weighted by molar-refractivity contribution is 5.29. The zero-order valence-corrected chi connectivity index (χ0v) is 9.26. The predicted octanol–water partition coefficient (Wildman–Crippen LogP) is 3.88. The van der Waals surface area contributed by atoms with Crippen LogP contribution in [0.4, 0.5) is 8.78 Å². The molecule has 0 fully saturated rings. The fourth-order valence-corrected chi connectivity index (χ4v) is 1.44. The second-order valence-corrected chi connectivity index (χ2v) is 4.76. The molecule has 0 unspecified atom stereocenters. The summed E-state index contributed by atoms with van der Waals surface area (Å²) in [5, 5.41) is 0. The maximum atomic E-state index is 12.0. The Morgan fingerprint density at radius 1 is 1.27 bits per heavy atom. The molecule has 1 nitrogen and oxygen atoms in total. The number of benzene rings is 1. The van der Waals surface area contributed by atoms with Crippen LogP contribution in [-0.2, 0) is 6.42 Å². The number of alkyl halides is 2. The summed E-state index contributed by atoms with van der Waals surface area (Å²) >= 11 is 0. The fraction of sp³-hybridized carbons (Fsp3) is 0.500. The van der Waals surface area contributed by atoms with Crippen LogP contribution in [0, 0.1) is 5.41 Å². The van der Waals surface area contributed by atoms with Crippen LogP contribution in [0.1, 0.15) is 26.3 Å². The van der Waals surface area contributed by atoms with Gasteiger partial charge in [0.1, 0.15) is 5.75 Å². The van der Waals surface area contributed by atoms with Crippen molar-refractivity contribution in [2.24, 2.45) is 5.41 Å². The Kier molecular flexibility index (Phi) is 3.66. The Labute approximate surface area is 89.1 Å². The second-order valence-electron chi connectivity index (χ2n) is 4.76. The van der Waals surface area contributed by atoms with E-state index < -0.39 is 6.61 Å². The van der Waals surface area contributed by atoms with Gasteiger partial charge in [-0.2, -0.15) is 8.78 Å². The van der Waals surface area contributed by atoms with Gasteiger partial charge in [0.2, 0.25) is 0 Å². The molecule has 1 aromatic carbocycles. The first kappa shape index (κ1) is 12.0. The minimum atomic E-state index is -2.75. The summed E-state index contributed by atoms with van der Waals surface area (Å²) in [6, 6.07) is 6.86. The Hall–Kier alpha value is -1.12. The van der Waals surface area contributed by atoms with Crippen LogP contribution >= 0.6 is 0 Å². The van der Waals surface area contributed by atoms with Gasteiger partial charge < -0.3 is 4.74 Å². The normalized spacial score (nSPS) is 11.9. The van der Waals surface area contributed by atoms with Gasteiger partial charge >= 0.3 is 6.61 Å². The standard InChI is InChI=1S/C12H16F2O/c1-12(2,3)8-9-5-4-6-10(7-9)15-11(13)14/h4-7,11H,8H2,1-3H3. The largest absolute Gasteiger partial charge is 0.435 e. The van der Waals surface area contributed by atoms with Crippen LogP contribution in [0.15, 0.2) is 24.3 Å². The van der Waals surface area contributed by atoms with Crippen molar-refractivity contribution in [3.8, 4) is 5.75 Å². The molecule has 0 atom stereocenters. The predicted molar refractivity (Wildman–Crippen MR) is 56.2 cm³/mol. The molecular weight excluding hydrogens is 198 g/mol. The van der Waals surface area contributed by atoms with Gasteiger partial charge in [0.15, 0.2) is 0 Å². The van der Waals surface area contributed by atoms with E-state index in [1.54, 1.807) is 18.2 Å². The summed E-state index contributed by atoms with van der Waals surface area (Å²) in [6.07, 6.45) is 0.841. The molecule has 0 bridgehead atoms. The third-order valence-electron chi connectivity index (χ3n) is 1.86. The van der Waals surface area contributed by atoms with Crippen molar-refractivity contribution in [3.63, 3.8) is 0 Å². The van der Waals surface area contributed by atoms with E-state index in [0.29, 0.717) is 0 Å². The molecule has 0 aliphatic heterocycles. The van der Waals surface area contributed by atoms with E-state index in [1.807, 2.05) is 6.07 Å². The summed E-state index contributed by atoms with van der Waals surface area (Å²) in [5.74, 6) is 0.228. The zero-order valence-electron chi connectivity index (χ0n) is 9.26. The Morgan fingerprint density at radius 2 is 1.93 bits per heavy atom. The van der Waals surface area contributed by atoms with Crippen molar-refractivity contribution in [3.05, 3.63) is 29.8 Å². The molecule has 0 radical (unpaired) electrons. The number of hydrogen-bond acceptors (Lipinski definition) is 1. The topological polar surface area (TPSA) is 9.23 Å². The molecule has 1 aromatic rings. The van der Waals surface area contributed by atoms with Gasteiger partial charge in [-0.1, -0.05) is 32.9 Å². The molecule has 0 N–H and O–H groups in total. The van der Waals surface area contributed by atoms with Gasteiger partial charge in [0.05, 0.1) is 0 Å².